The second-order valence-electron chi connectivity index (χ2n) is 5.69. The Hall–Kier alpha value is -2.49. The number of nitrogens with one attached hydrogen (secondary N) is 1. The highest BCUT2D eigenvalue weighted by Gasteiger charge is 2.11. The van der Waals surface area contributed by atoms with E-state index in [0.717, 1.165) is 11.1 Å². The fraction of sp³-hybridized carbons (Fsp3) is 0.0952. The summed E-state index contributed by atoms with van der Waals surface area (Å²) in [5.74, 6) is 0.433. The quantitative estimate of drug-likeness (QED) is 0.607. The molecule has 0 unspecified atom stereocenters. The lowest BCUT2D eigenvalue weighted by molar-refractivity contribution is 0.0950. The number of hydrogen-bond acceptors (Lipinski definition) is 2. The molecule has 1 N–H and O–H groups in total. The second-order valence-corrected chi connectivity index (χ2v) is 6.53. The van der Waals surface area contributed by atoms with Gasteiger partial charge in [-0.3, -0.25) is 4.79 Å². The van der Waals surface area contributed by atoms with Gasteiger partial charge in [0.2, 0.25) is 0 Å². The van der Waals surface area contributed by atoms with Crippen LogP contribution in [0.4, 0.5) is 0 Å². The van der Waals surface area contributed by atoms with Gasteiger partial charge in [-0.2, -0.15) is 0 Å². The molecule has 5 heteroatoms. The lowest BCUT2D eigenvalue weighted by atomic mass is 10.1. The van der Waals surface area contributed by atoms with Crippen LogP contribution in [-0.2, 0) is 13.2 Å². The van der Waals surface area contributed by atoms with E-state index in [1.807, 2.05) is 36.4 Å². The van der Waals surface area contributed by atoms with E-state index in [2.05, 4.69) is 5.32 Å². The molecule has 0 aliphatic carbocycles. The smallest absolute Gasteiger partial charge is 0.253 e. The molecule has 0 atom stereocenters. The highest BCUT2D eigenvalue weighted by Crippen LogP contribution is 2.24. The van der Waals surface area contributed by atoms with Crippen LogP contribution in [0.1, 0.15) is 21.5 Å². The normalized spacial score (nSPS) is 10.4. The SMILES string of the molecule is O=C(NCc1cc(Cl)ccc1OCc1ccccc1)c1ccccc1Cl. The number of rotatable bonds is 6. The van der Waals surface area contributed by atoms with Crippen LogP contribution >= 0.6 is 23.2 Å². The predicted octanol–water partition coefficient (Wildman–Crippen LogP) is 5.50. The molecule has 3 rings (SSSR count). The number of amides is 1. The Morgan fingerprint density at radius 1 is 0.923 bits per heavy atom. The number of benzene rings is 3. The van der Waals surface area contributed by atoms with Gasteiger partial charge in [-0.1, -0.05) is 65.7 Å². The molecule has 0 saturated heterocycles. The van der Waals surface area contributed by atoms with E-state index in [1.54, 1.807) is 36.4 Å². The molecule has 0 heterocycles. The van der Waals surface area contributed by atoms with Crippen LogP contribution in [0.15, 0.2) is 72.8 Å². The summed E-state index contributed by atoms with van der Waals surface area (Å²) in [5.41, 5.74) is 2.30. The van der Waals surface area contributed by atoms with Gasteiger partial charge in [0.05, 0.1) is 10.6 Å². The van der Waals surface area contributed by atoms with Crippen molar-refractivity contribution in [1.82, 2.24) is 5.32 Å². The van der Waals surface area contributed by atoms with Gasteiger partial charge in [0.1, 0.15) is 12.4 Å². The van der Waals surface area contributed by atoms with Crippen molar-refractivity contribution in [3.63, 3.8) is 0 Å². The maximum atomic E-state index is 12.3. The first-order valence-electron chi connectivity index (χ1n) is 8.11. The molecule has 0 aliphatic rings. The van der Waals surface area contributed by atoms with Crippen molar-refractivity contribution in [2.75, 3.05) is 0 Å². The summed E-state index contributed by atoms with van der Waals surface area (Å²) in [5, 5.41) is 3.86. The third kappa shape index (κ3) is 4.78. The van der Waals surface area contributed by atoms with Gasteiger partial charge in [0.15, 0.2) is 0 Å². The van der Waals surface area contributed by atoms with Crippen molar-refractivity contribution in [1.29, 1.82) is 0 Å². The minimum Gasteiger partial charge on any atom is -0.489 e. The summed E-state index contributed by atoms with van der Waals surface area (Å²) in [7, 11) is 0. The minimum atomic E-state index is -0.246. The Bertz CT molecular complexity index is 898. The van der Waals surface area contributed by atoms with Crippen LogP contribution in [0.3, 0.4) is 0 Å². The van der Waals surface area contributed by atoms with Crippen LogP contribution in [0.25, 0.3) is 0 Å². The molecule has 0 aromatic heterocycles. The van der Waals surface area contributed by atoms with E-state index in [1.165, 1.54) is 0 Å². The van der Waals surface area contributed by atoms with E-state index < -0.39 is 0 Å². The highest BCUT2D eigenvalue weighted by molar-refractivity contribution is 6.33. The first-order valence-corrected chi connectivity index (χ1v) is 8.87. The van der Waals surface area contributed by atoms with E-state index >= 15 is 0 Å². The van der Waals surface area contributed by atoms with Gasteiger partial charge in [-0.05, 0) is 35.9 Å². The maximum Gasteiger partial charge on any atom is 0.253 e. The number of carbonyl (C=O) groups excluding carboxylic acids is 1. The van der Waals surface area contributed by atoms with Gasteiger partial charge in [-0.25, -0.2) is 0 Å². The minimum absolute atomic E-state index is 0.246. The molecule has 0 fully saturated rings. The summed E-state index contributed by atoms with van der Waals surface area (Å²) in [6.45, 7) is 0.725. The molecular formula is C21H17Cl2NO2. The maximum absolute atomic E-state index is 12.3. The van der Waals surface area contributed by atoms with E-state index in [9.17, 15) is 4.79 Å². The molecule has 3 nitrogen and oxygen atoms in total. The van der Waals surface area contributed by atoms with E-state index in [-0.39, 0.29) is 12.5 Å². The molecule has 26 heavy (non-hydrogen) atoms. The Morgan fingerprint density at radius 3 is 2.42 bits per heavy atom. The predicted molar refractivity (Wildman–Crippen MR) is 105 cm³/mol. The molecular weight excluding hydrogens is 369 g/mol. The van der Waals surface area contributed by atoms with Crippen molar-refractivity contribution in [2.24, 2.45) is 0 Å². The molecule has 0 radical (unpaired) electrons. The molecule has 0 aliphatic heterocycles. The van der Waals surface area contributed by atoms with Gasteiger partial charge in [-0.15, -0.1) is 0 Å². The van der Waals surface area contributed by atoms with Crippen LogP contribution in [0, 0.1) is 0 Å². The number of halogens is 2. The second kappa shape index (κ2) is 8.75. The zero-order valence-electron chi connectivity index (χ0n) is 13.9. The molecule has 0 spiro atoms. The standard InChI is InChI=1S/C21H17Cl2NO2/c22-17-10-11-20(26-14-15-6-2-1-3-7-15)16(12-17)13-24-21(25)18-8-4-5-9-19(18)23/h1-12H,13-14H2,(H,24,25). The van der Waals surface area contributed by atoms with Crippen molar-refractivity contribution >= 4 is 29.1 Å². The van der Waals surface area contributed by atoms with Crippen LogP contribution < -0.4 is 10.1 Å². The lowest BCUT2D eigenvalue weighted by Crippen LogP contribution is -2.23. The molecule has 3 aromatic rings. The fourth-order valence-corrected chi connectivity index (χ4v) is 2.89. The van der Waals surface area contributed by atoms with Crippen LogP contribution in [0.5, 0.6) is 5.75 Å². The molecule has 3 aromatic carbocycles. The topological polar surface area (TPSA) is 38.3 Å². The monoisotopic (exact) mass is 385 g/mol. The van der Waals surface area contributed by atoms with Gasteiger partial charge in [0, 0.05) is 17.1 Å². The molecule has 1 amide bonds. The largest absolute Gasteiger partial charge is 0.489 e. The van der Waals surface area contributed by atoms with Crippen molar-refractivity contribution in [2.45, 2.75) is 13.2 Å². The third-order valence-corrected chi connectivity index (χ3v) is 4.38. The Morgan fingerprint density at radius 2 is 1.65 bits per heavy atom. The van der Waals surface area contributed by atoms with Crippen LogP contribution in [-0.4, -0.2) is 5.91 Å². The van der Waals surface area contributed by atoms with Crippen molar-refractivity contribution in [3.05, 3.63) is 99.5 Å². The Labute approximate surface area is 162 Å². The fourth-order valence-electron chi connectivity index (χ4n) is 2.48. The van der Waals surface area contributed by atoms with Gasteiger partial charge < -0.3 is 10.1 Å². The summed E-state index contributed by atoms with van der Waals surface area (Å²) >= 11 is 12.2. The van der Waals surface area contributed by atoms with Crippen molar-refractivity contribution < 1.29 is 9.53 Å². The molecule has 0 bridgehead atoms. The molecule has 0 saturated carbocycles. The zero-order chi connectivity index (χ0) is 18.4. The van der Waals surface area contributed by atoms with E-state index in [0.29, 0.717) is 28.0 Å². The summed E-state index contributed by atoms with van der Waals surface area (Å²) < 4.78 is 5.90. The highest BCUT2D eigenvalue weighted by atomic mass is 35.5. The Kier molecular flexibility index (Phi) is 6.16. The number of ether oxygens (including phenoxy) is 1. The third-order valence-electron chi connectivity index (χ3n) is 3.82. The average Bonchev–Trinajstić information content (AvgIpc) is 2.66. The lowest BCUT2D eigenvalue weighted by Gasteiger charge is -2.13. The van der Waals surface area contributed by atoms with E-state index in [4.69, 9.17) is 27.9 Å². The summed E-state index contributed by atoms with van der Waals surface area (Å²) in [4.78, 5) is 12.3. The first-order chi connectivity index (χ1) is 12.6. The van der Waals surface area contributed by atoms with Crippen LogP contribution in [0.2, 0.25) is 10.0 Å². The zero-order valence-corrected chi connectivity index (χ0v) is 15.4. The number of hydrogen-bond donors (Lipinski definition) is 1. The van der Waals surface area contributed by atoms with Gasteiger partial charge in [0.25, 0.3) is 5.91 Å². The summed E-state index contributed by atoms with van der Waals surface area (Å²) in [6.07, 6.45) is 0. The number of carbonyl (C=O) groups is 1. The van der Waals surface area contributed by atoms with Crippen molar-refractivity contribution in [3.8, 4) is 5.75 Å². The van der Waals surface area contributed by atoms with Gasteiger partial charge >= 0.3 is 0 Å². The summed E-state index contributed by atoms with van der Waals surface area (Å²) in [6, 6.07) is 22.2. The average molecular weight is 386 g/mol. The molecule has 132 valence electrons. The first kappa shape index (κ1) is 18.3. The Balaban J connectivity index is 1.70.